The number of thioether (sulfide) groups is 1. The van der Waals surface area contributed by atoms with Gasteiger partial charge in [-0.05, 0) is 48.9 Å². The summed E-state index contributed by atoms with van der Waals surface area (Å²) in [6, 6.07) is 20.5. The lowest BCUT2D eigenvalue weighted by Crippen LogP contribution is -2.23. The smallest absolute Gasteiger partial charge is 0.266 e. The lowest BCUT2D eigenvalue weighted by molar-refractivity contribution is -0.113. The van der Waals surface area contributed by atoms with Crippen LogP contribution in [0.4, 0.5) is 10.1 Å². The maximum Gasteiger partial charge on any atom is 0.266 e. The number of carbonyl (C=O) groups is 1. The lowest BCUT2D eigenvalue weighted by atomic mass is 10.2. The molecule has 4 rings (SSSR count). The molecule has 0 saturated heterocycles. The number of fused-ring (bicyclic) bond motifs is 1. The topological polar surface area (TPSA) is 64.0 Å². The minimum atomic E-state index is -0.419. The zero-order valence-corrected chi connectivity index (χ0v) is 16.9. The van der Waals surface area contributed by atoms with Crippen molar-refractivity contribution in [2.75, 3.05) is 11.1 Å². The Balaban J connectivity index is 1.66. The van der Waals surface area contributed by atoms with Crippen molar-refractivity contribution in [3.05, 3.63) is 94.5 Å². The molecule has 0 radical (unpaired) electrons. The molecule has 3 aromatic carbocycles. The van der Waals surface area contributed by atoms with E-state index in [0.29, 0.717) is 27.4 Å². The maximum atomic E-state index is 13.5. The molecule has 0 aliphatic carbocycles. The van der Waals surface area contributed by atoms with E-state index in [1.165, 1.54) is 16.7 Å². The van der Waals surface area contributed by atoms with Gasteiger partial charge >= 0.3 is 0 Å². The Morgan fingerprint density at radius 3 is 2.60 bits per heavy atom. The molecule has 0 aliphatic rings. The van der Waals surface area contributed by atoms with Crippen LogP contribution in [0.15, 0.2) is 82.7 Å². The van der Waals surface area contributed by atoms with E-state index in [2.05, 4.69) is 10.3 Å². The minimum Gasteiger partial charge on any atom is -0.325 e. The van der Waals surface area contributed by atoms with Gasteiger partial charge in [0.2, 0.25) is 5.91 Å². The third-order valence-electron chi connectivity index (χ3n) is 4.57. The first-order valence-electron chi connectivity index (χ1n) is 9.29. The first kappa shape index (κ1) is 19.8. The molecule has 0 atom stereocenters. The number of halogens is 1. The minimum absolute atomic E-state index is 0.0214. The molecular formula is C23H18FN3O2S. The molecule has 0 saturated carbocycles. The largest absolute Gasteiger partial charge is 0.325 e. The number of para-hydroxylation sites is 2. The van der Waals surface area contributed by atoms with E-state index < -0.39 is 5.82 Å². The van der Waals surface area contributed by atoms with Crippen LogP contribution in [0.2, 0.25) is 0 Å². The van der Waals surface area contributed by atoms with Gasteiger partial charge in [-0.15, -0.1) is 0 Å². The van der Waals surface area contributed by atoms with E-state index in [-0.39, 0.29) is 17.2 Å². The summed E-state index contributed by atoms with van der Waals surface area (Å²) < 4.78 is 15.0. The fraction of sp³-hybridized carbons (Fsp3) is 0.0870. The Bertz CT molecular complexity index is 1290. The summed E-state index contributed by atoms with van der Waals surface area (Å²) in [7, 11) is 0. The first-order valence-corrected chi connectivity index (χ1v) is 10.3. The number of nitrogens with one attached hydrogen (secondary N) is 1. The van der Waals surface area contributed by atoms with E-state index in [9.17, 15) is 14.0 Å². The van der Waals surface area contributed by atoms with Crippen LogP contribution < -0.4 is 10.9 Å². The third kappa shape index (κ3) is 4.11. The van der Waals surface area contributed by atoms with Crippen molar-refractivity contribution in [3.8, 4) is 5.69 Å². The second-order valence-electron chi connectivity index (χ2n) is 6.68. The fourth-order valence-corrected chi connectivity index (χ4v) is 3.87. The van der Waals surface area contributed by atoms with E-state index in [1.807, 2.05) is 36.4 Å². The predicted octanol–water partition coefficient (Wildman–Crippen LogP) is 4.56. The van der Waals surface area contributed by atoms with E-state index in [4.69, 9.17) is 0 Å². The highest BCUT2D eigenvalue weighted by Crippen LogP contribution is 2.22. The molecule has 1 amide bonds. The molecule has 0 unspecified atom stereocenters. The van der Waals surface area contributed by atoms with Gasteiger partial charge in [-0.3, -0.25) is 14.2 Å². The highest BCUT2D eigenvalue weighted by molar-refractivity contribution is 7.99. The van der Waals surface area contributed by atoms with Crippen molar-refractivity contribution in [1.82, 2.24) is 9.55 Å². The Hall–Kier alpha value is -3.45. The predicted molar refractivity (Wildman–Crippen MR) is 118 cm³/mol. The molecule has 150 valence electrons. The van der Waals surface area contributed by atoms with E-state index in [0.717, 1.165) is 17.3 Å². The zero-order chi connectivity index (χ0) is 21.1. The van der Waals surface area contributed by atoms with Gasteiger partial charge in [-0.25, -0.2) is 9.37 Å². The van der Waals surface area contributed by atoms with Crippen LogP contribution in [0.25, 0.3) is 16.6 Å². The number of hydrogen-bond donors (Lipinski definition) is 1. The number of aryl methyl sites for hydroxylation is 1. The van der Waals surface area contributed by atoms with E-state index >= 15 is 0 Å². The SMILES string of the molecule is Cc1ccc(F)cc1NC(=O)CSc1nc2ccccc2c(=O)n1-c1ccccc1. The second kappa shape index (κ2) is 8.51. The summed E-state index contributed by atoms with van der Waals surface area (Å²) in [5.41, 5.74) is 2.23. The van der Waals surface area contributed by atoms with Gasteiger partial charge < -0.3 is 5.32 Å². The molecule has 0 fully saturated rings. The van der Waals surface area contributed by atoms with Crippen molar-refractivity contribution >= 4 is 34.3 Å². The van der Waals surface area contributed by atoms with Crippen LogP contribution in [-0.4, -0.2) is 21.2 Å². The first-order chi connectivity index (χ1) is 14.5. The van der Waals surface area contributed by atoms with Crippen LogP contribution in [0.5, 0.6) is 0 Å². The number of nitrogens with zero attached hydrogens (tertiary/aromatic N) is 2. The van der Waals surface area contributed by atoms with Gasteiger partial charge in [0.05, 0.1) is 22.3 Å². The normalized spacial score (nSPS) is 10.9. The summed E-state index contributed by atoms with van der Waals surface area (Å²) in [5, 5.41) is 3.64. The van der Waals surface area contributed by atoms with Crippen molar-refractivity contribution in [1.29, 1.82) is 0 Å². The second-order valence-corrected chi connectivity index (χ2v) is 7.63. The Labute approximate surface area is 176 Å². The molecule has 30 heavy (non-hydrogen) atoms. The summed E-state index contributed by atoms with van der Waals surface area (Å²) in [6.07, 6.45) is 0. The maximum absolute atomic E-state index is 13.5. The average molecular weight is 419 g/mol. The van der Waals surface area contributed by atoms with Crippen LogP contribution in [0.1, 0.15) is 5.56 Å². The number of rotatable bonds is 5. The number of amides is 1. The molecule has 1 aromatic heterocycles. The Morgan fingerprint density at radius 1 is 1.07 bits per heavy atom. The van der Waals surface area contributed by atoms with Gasteiger partial charge in [0.15, 0.2) is 5.16 Å². The van der Waals surface area contributed by atoms with Crippen LogP contribution in [0, 0.1) is 12.7 Å². The molecule has 0 spiro atoms. The monoisotopic (exact) mass is 419 g/mol. The molecular weight excluding hydrogens is 401 g/mol. The van der Waals surface area contributed by atoms with Crippen molar-refractivity contribution < 1.29 is 9.18 Å². The summed E-state index contributed by atoms with van der Waals surface area (Å²) in [6.45, 7) is 1.79. The molecule has 0 aliphatic heterocycles. The number of carbonyl (C=O) groups excluding carboxylic acids is 1. The van der Waals surface area contributed by atoms with Crippen molar-refractivity contribution in [3.63, 3.8) is 0 Å². The van der Waals surface area contributed by atoms with Gasteiger partial charge in [0.1, 0.15) is 5.82 Å². The quantitative estimate of drug-likeness (QED) is 0.380. The van der Waals surface area contributed by atoms with Crippen molar-refractivity contribution in [2.45, 2.75) is 12.1 Å². The zero-order valence-electron chi connectivity index (χ0n) is 16.1. The third-order valence-corrected chi connectivity index (χ3v) is 5.50. The molecule has 0 bridgehead atoms. The fourth-order valence-electron chi connectivity index (χ4n) is 3.06. The molecule has 4 aromatic rings. The van der Waals surface area contributed by atoms with Gasteiger partial charge in [0, 0.05) is 5.69 Å². The molecule has 5 nitrogen and oxygen atoms in total. The molecule has 1 heterocycles. The standard InChI is InChI=1S/C23H18FN3O2S/c1-15-11-12-16(24)13-20(15)25-21(28)14-30-23-26-19-10-6-5-9-18(19)22(29)27(23)17-7-3-2-4-8-17/h2-13H,14H2,1H3,(H,25,28). The van der Waals surface area contributed by atoms with Gasteiger partial charge in [-0.2, -0.15) is 0 Å². The van der Waals surface area contributed by atoms with Gasteiger partial charge in [0.25, 0.3) is 5.56 Å². The Kier molecular flexibility index (Phi) is 5.63. The number of benzene rings is 3. The summed E-state index contributed by atoms with van der Waals surface area (Å²) in [5.74, 6) is -0.707. The van der Waals surface area contributed by atoms with Crippen LogP contribution >= 0.6 is 11.8 Å². The average Bonchev–Trinajstić information content (AvgIpc) is 2.75. The van der Waals surface area contributed by atoms with Crippen molar-refractivity contribution in [2.24, 2.45) is 0 Å². The number of anilines is 1. The summed E-state index contributed by atoms with van der Waals surface area (Å²) in [4.78, 5) is 30.2. The summed E-state index contributed by atoms with van der Waals surface area (Å²) >= 11 is 1.15. The van der Waals surface area contributed by atoms with Gasteiger partial charge in [-0.1, -0.05) is 48.2 Å². The highest BCUT2D eigenvalue weighted by atomic mass is 32.2. The van der Waals surface area contributed by atoms with Crippen LogP contribution in [0.3, 0.4) is 0 Å². The lowest BCUT2D eigenvalue weighted by Gasteiger charge is -2.13. The Morgan fingerprint density at radius 2 is 1.80 bits per heavy atom. The molecule has 1 N–H and O–H groups in total. The highest BCUT2D eigenvalue weighted by Gasteiger charge is 2.15. The number of hydrogen-bond acceptors (Lipinski definition) is 4. The van der Waals surface area contributed by atoms with E-state index in [1.54, 1.807) is 31.2 Å². The molecule has 7 heteroatoms. The number of aromatic nitrogens is 2. The van der Waals surface area contributed by atoms with Crippen LogP contribution in [-0.2, 0) is 4.79 Å².